The second-order valence-corrected chi connectivity index (χ2v) is 9.19. The van der Waals surface area contributed by atoms with Crippen molar-refractivity contribution in [3.8, 4) is 0 Å². The number of guanidine groups is 1. The first-order chi connectivity index (χ1) is 13.3. The SMILES string of the molecule is CCN=C(NC(CC)CS(=O)(=O)c1ccccc1)N1CC(C)C(C(=O)OC)C1. The molecule has 0 radical (unpaired) electrons. The Hall–Kier alpha value is -2.09. The molecule has 2 rings (SSSR count). The van der Waals surface area contributed by atoms with Crippen molar-refractivity contribution in [2.45, 2.75) is 38.1 Å². The van der Waals surface area contributed by atoms with Crippen LogP contribution in [0.1, 0.15) is 27.2 Å². The van der Waals surface area contributed by atoms with Crippen molar-refractivity contribution in [2.75, 3.05) is 32.5 Å². The number of carbonyl (C=O) groups is 1. The zero-order chi connectivity index (χ0) is 20.7. The van der Waals surface area contributed by atoms with Crippen LogP contribution >= 0.6 is 0 Å². The molecule has 3 unspecified atom stereocenters. The van der Waals surface area contributed by atoms with E-state index < -0.39 is 9.84 Å². The molecular weight excluding hydrogens is 378 g/mol. The number of nitrogens with one attached hydrogen (secondary N) is 1. The van der Waals surface area contributed by atoms with E-state index >= 15 is 0 Å². The zero-order valence-corrected chi connectivity index (χ0v) is 17.9. The van der Waals surface area contributed by atoms with Crippen LogP contribution < -0.4 is 5.32 Å². The normalized spacial score (nSPS) is 21.4. The summed E-state index contributed by atoms with van der Waals surface area (Å²) in [5, 5.41) is 3.32. The third-order valence-corrected chi connectivity index (χ3v) is 6.90. The molecule has 1 aromatic rings. The number of nitrogens with zero attached hydrogens (tertiary/aromatic N) is 2. The van der Waals surface area contributed by atoms with Crippen LogP contribution in [-0.4, -0.2) is 63.8 Å². The Morgan fingerprint density at radius 1 is 1.29 bits per heavy atom. The van der Waals surface area contributed by atoms with E-state index in [9.17, 15) is 13.2 Å². The van der Waals surface area contributed by atoms with Gasteiger partial charge >= 0.3 is 5.97 Å². The number of sulfone groups is 1. The molecule has 0 amide bonds. The number of benzene rings is 1. The molecule has 28 heavy (non-hydrogen) atoms. The van der Waals surface area contributed by atoms with Gasteiger partial charge in [-0.15, -0.1) is 0 Å². The third-order valence-electron chi connectivity index (χ3n) is 5.07. The van der Waals surface area contributed by atoms with E-state index in [0.29, 0.717) is 36.9 Å². The summed E-state index contributed by atoms with van der Waals surface area (Å²) in [5.41, 5.74) is 0. The van der Waals surface area contributed by atoms with Gasteiger partial charge in [-0.3, -0.25) is 9.79 Å². The lowest BCUT2D eigenvalue weighted by molar-refractivity contribution is -0.145. The summed E-state index contributed by atoms with van der Waals surface area (Å²) in [6.45, 7) is 7.65. The molecule has 1 aromatic carbocycles. The van der Waals surface area contributed by atoms with E-state index in [1.807, 2.05) is 25.7 Å². The van der Waals surface area contributed by atoms with Gasteiger partial charge in [-0.25, -0.2) is 8.42 Å². The minimum absolute atomic E-state index is 0.0138. The molecule has 1 aliphatic heterocycles. The van der Waals surface area contributed by atoms with E-state index in [4.69, 9.17) is 4.74 Å². The van der Waals surface area contributed by atoms with Crippen molar-refractivity contribution in [1.82, 2.24) is 10.2 Å². The average Bonchev–Trinajstić information content (AvgIpc) is 3.08. The van der Waals surface area contributed by atoms with Gasteiger partial charge in [0.15, 0.2) is 15.8 Å². The van der Waals surface area contributed by atoms with Crippen LogP contribution in [0, 0.1) is 11.8 Å². The fraction of sp³-hybridized carbons (Fsp3) is 0.600. The quantitative estimate of drug-likeness (QED) is 0.421. The van der Waals surface area contributed by atoms with Crippen LogP contribution in [0.25, 0.3) is 0 Å². The maximum Gasteiger partial charge on any atom is 0.310 e. The molecule has 1 aliphatic rings. The molecule has 0 saturated carbocycles. The first kappa shape index (κ1) is 22.2. The van der Waals surface area contributed by atoms with Gasteiger partial charge in [0.1, 0.15) is 0 Å². The van der Waals surface area contributed by atoms with Crippen molar-refractivity contribution in [3.05, 3.63) is 30.3 Å². The number of methoxy groups -OCH3 is 1. The summed E-state index contributed by atoms with van der Waals surface area (Å²) in [6.07, 6.45) is 0.638. The van der Waals surface area contributed by atoms with Gasteiger partial charge in [0.05, 0.1) is 23.7 Å². The number of rotatable bonds is 7. The van der Waals surface area contributed by atoms with E-state index in [0.717, 1.165) is 0 Å². The van der Waals surface area contributed by atoms with E-state index in [-0.39, 0.29) is 29.6 Å². The summed E-state index contributed by atoms with van der Waals surface area (Å²) in [7, 11) is -2.00. The smallest absolute Gasteiger partial charge is 0.310 e. The Labute approximate surface area is 168 Å². The topological polar surface area (TPSA) is 88.1 Å². The van der Waals surface area contributed by atoms with Crippen LogP contribution in [0.4, 0.5) is 0 Å². The van der Waals surface area contributed by atoms with Crippen molar-refractivity contribution in [2.24, 2.45) is 16.8 Å². The fourth-order valence-electron chi connectivity index (χ4n) is 3.42. The van der Waals surface area contributed by atoms with Crippen molar-refractivity contribution >= 4 is 21.8 Å². The molecule has 1 N–H and O–H groups in total. The predicted octanol–water partition coefficient (Wildman–Crippen LogP) is 1.95. The summed E-state index contributed by atoms with van der Waals surface area (Å²) in [5.74, 6) is 0.354. The van der Waals surface area contributed by atoms with Crippen molar-refractivity contribution in [3.63, 3.8) is 0 Å². The number of carbonyl (C=O) groups excluding carboxylic acids is 1. The lowest BCUT2D eigenvalue weighted by Crippen LogP contribution is -2.47. The molecule has 3 atom stereocenters. The average molecular weight is 410 g/mol. The molecule has 0 bridgehead atoms. The maximum atomic E-state index is 12.7. The number of esters is 1. The Morgan fingerprint density at radius 2 is 1.96 bits per heavy atom. The number of aliphatic imine (C=N–C) groups is 1. The van der Waals surface area contributed by atoms with E-state index in [1.165, 1.54) is 7.11 Å². The van der Waals surface area contributed by atoms with E-state index in [1.54, 1.807) is 30.3 Å². The Balaban J connectivity index is 2.12. The lowest BCUT2D eigenvalue weighted by atomic mass is 9.99. The van der Waals surface area contributed by atoms with Gasteiger partial charge in [0.25, 0.3) is 0 Å². The first-order valence-corrected chi connectivity index (χ1v) is 11.4. The van der Waals surface area contributed by atoms with Gasteiger partial charge < -0.3 is 15.0 Å². The van der Waals surface area contributed by atoms with Crippen LogP contribution in [0.3, 0.4) is 0 Å². The van der Waals surface area contributed by atoms with Gasteiger partial charge in [0.2, 0.25) is 0 Å². The summed E-state index contributed by atoms with van der Waals surface area (Å²) in [6, 6.07) is 8.21. The number of likely N-dealkylation sites (tertiary alicyclic amines) is 1. The highest BCUT2D eigenvalue weighted by Crippen LogP contribution is 2.24. The second-order valence-electron chi connectivity index (χ2n) is 7.15. The number of hydrogen-bond donors (Lipinski definition) is 1. The monoisotopic (exact) mass is 409 g/mol. The van der Waals surface area contributed by atoms with Crippen molar-refractivity contribution < 1.29 is 17.9 Å². The van der Waals surface area contributed by atoms with Crippen LogP contribution in [0.15, 0.2) is 40.2 Å². The fourth-order valence-corrected chi connectivity index (χ4v) is 5.03. The lowest BCUT2D eigenvalue weighted by Gasteiger charge is -2.26. The minimum Gasteiger partial charge on any atom is -0.469 e. The largest absolute Gasteiger partial charge is 0.469 e. The number of ether oxygens (including phenoxy) is 1. The molecular formula is C20H31N3O4S. The summed E-state index contributed by atoms with van der Waals surface area (Å²) >= 11 is 0. The van der Waals surface area contributed by atoms with Gasteiger partial charge in [-0.05, 0) is 31.4 Å². The van der Waals surface area contributed by atoms with Crippen LogP contribution in [0.5, 0.6) is 0 Å². The maximum absolute atomic E-state index is 12.7. The van der Waals surface area contributed by atoms with Gasteiger partial charge in [-0.1, -0.05) is 32.0 Å². The second kappa shape index (κ2) is 9.91. The van der Waals surface area contributed by atoms with Gasteiger partial charge in [-0.2, -0.15) is 0 Å². The molecule has 156 valence electrons. The van der Waals surface area contributed by atoms with Gasteiger partial charge in [0, 0.05) is 25.7 Å². The molecule has 7 nitrogen and oxygen atoms in total. The number of hydrogen-bond acceptors (Lipinski definition) is 5. The molecule has 0 spiro atoms. The molecule has 0 aromatic heterocycles. The minimum atomic E-state index is -3.40. The van der Waals surface area contributed by atoms with Crippen LogP contribution in [0.2, 0.25) is 0 Å². The highest BCUT2D eigenvalue weighted by Gasteiger charge is 2.37. The van der Waals surface area contributed by atoms with Crippen LogP contribution in [-0.2, 0) is 19.4 Å². The standard InChI is InChI=1S/C20H31N3O4S/c1-5-16(14-28(25,26)17-10-8-7-9-11-17)22-20(21-6-2)23-12-15(3)18(13-23)19(24)27-4/h7-11,15-16,18H,5-6,12-14H2,1-4H3,(H,21,22). The Kier molecular flexibility index (Phi) is 7.86. The molecule has 8 heteroatoms. The highest BCUT2D eigenvalue weighted by molar-refractivity contribution is 7.91. The highest BCUT2D eigenvalue weighted by atomic mass is 32.2. The predicted molar refractivity (Wildman–Crippen MR) is 110 cm³/mol. The molecule has 1 fully saturated rings. The third kappa shape index (κ3) is 5.47. The molecule has 1 saturated heterocycles. The summed E-state index contributed by atoms with van der Waals surface area (Å²) < 4.78 is 30.4. The molecule has 1 heterocycles. The van der Waals surface area contributed by atoms with E-state index in [2.05, 4.69) is 10.3 Å². The molecule has 0 aliphatic carbocycles. The summed E-state index contributed by atoms with van der Waals surface area (Å²) in [4.78, 5) is 18.9. The Morgan fingerprint density at radius 3 is 2.54 bits per heavy atom. The zero-order valence-electron chi connectivity index (χ0n) is 17.1. The Bertz CT molecular complexity index is 780. The van der Waals surface area contributed by atoms with Crippen molar-refractivity contribution in [1.29, 1.82) is 0 Å². The first-order valence-electron chi connectivity index (χ1n) is 9.73.